The number of hydrogen-bond acceptors (Lipinski definition) is 4. The van der Waals surface area contributed by atoms with Gasteiger partial charge in [0.1, 0.15) is 17.8 Å². The summed E-state index contributed by atoms with van der Waals surface area (Å²) >= 11 is 3.22. The molecule has 0 fully saturated rings. The highest BCUT2D eigenvalue weighted by molar-refractivity contribution is 9.10. The van der Waals surface area contributed by atoms with Crippen molar-refractivity contribution in [3.63, 3.8) is 0 Å². The molecular formula is C13H17BrN4O3. The second-order valence-corrected chi connectivity index (χ2v) is 6.31. The third-order valence-electron chi connectivity index (χ3n) is 3.75. The van der Waals surface area contributed by atoms with Gasteiger partial charge in [-0.15, -0.1) is 0 Å². The summed E-state index contributed by atoms with van der Waals surface area (Å²) in [6.07, 6.45) is 3.63. The molecule has 1 aromatic rings. The number of likely N-dealkylation sites (N-methyl/N-ethyl adjacent to an activating group) is 1. The molecule has 2 heterocycles. The minimum absolute atomic E-state index is 0.239. The number of carboxylic acids is 1. The third kappa shape index (κ3) is 3.44. The predicted octanol–water partition coefficient (Wildman–Crippen LogP) is -0.952. The summed E-state index contributed by atoms with van der Waals surface area (Å²) < 4.78 is 2.62. The number of carboxylic acid groups (broad SMARTS) is 1. The maximum Gasteiger partial charge on any atom is 0.268 e. The minimum Gasteiger partial charge on any atom is -0.548 e. The molecule has 0 aromatic carbocycles. The van der Waals surface area contributed by atoms with Gasteiger partial charge in [0.05, 0.1) is 19.1 Å². The number of aromatic amines is 1. The second kappa shape index (κ2) is 5.88. The van der Waals surface area contributed by atoms with Gasteiger partial charge in [0.25, 0.3) is 5.91 Å². The predicted molar refractivity (Wildman–Crippen MR) is 78.0 cm³/mol. The zero-order chi connectivity index (χ0) is 15.6. The van der Waals surface area contributed by atoms with Gasteiger partial charge in [0, 0.05) is 17.1 Å². The fourth-order valence-electron chi connectivity index (χ4n) is 2.27. The van der Waals surface area contributed by atoms with E-state index in [1.807, 2.05) is 18.5 Å². The van der Waals surface area contributed by atoms with E-state index in [1.165, 1.54) is 0 Å². The van der Waals surface area contributed by atoms with Gasteiger partial charge in [-0.2, -0.15) is 0 Å². The van der Waals surface area contributed by atoms with Gasteiger partial charge in [-0.3, -0.25) is 14.7 Å². The van der Waals surface area contributed by atoms with Crippen LogP contribution in [-0.2, 0) is 4.79 Å². The molecule has 0 aliphatic carbocycles. The molecule has 1 aromatic heterocycles. The molecule has 0 bridgehead atoms. The Kier molecular flexibility index (Phi) is 4.36. The maximum atomic E-state index is 12.0. The summed E-state index contributed by atoms with van der Waals surface area (Å²) in [6, 6.07) is 0.515. The Morgan fingerprint density at radius 1 is 1.62 bits per heavy atom. The van der Waals surface area contributed by atoms with Crippen LogP contribution in [0.5, 0.6) is 0 Å². The number of rotatable bonds is 5. The second-order valence-electron chi connectivity index (χ2n) is 5.40. The number of carbonyl (C=O) groups excluding carboxylic acids is 2. The average molecular weight is 357 g/mol. The largest absolute Gasteiger partial charge is 0.548 e. The Morgan fingerprint density at radius 2 is 2.33 bits per heavy atom. The van der Waals surface area contributed by atoms with E-state index in [1.54, 1.807) is 18.6 Å². The monoisotopic (exact) mass is 356 g/mol. The van der Waals surface area contributed by atoms with Crippen LogP contribution in [0.2, 0.25) is 0 Å². The van der Waals surface area contributed by atoms with Crippen molar-refractivity contribution >= 4 is 34.1 Å². The molecule has 8 heteroatoms. The topological polar surface area (TPSA) is 100 Å². The van der Waals surface area contributed by atoms with Crippen LogP contribution in [0.3, 0.4) is 0 Å². The Labute approximate surface area is 130 Å². The smallest absolute Gasteiger partial charge is 0.268 e. The Morgan fingerprint density at radius 3 is 2.81 bits per heavy atom. The van der Waals surface area contributed by atoms with Crippen LogP contribution in [0.1, 0.15) is 23.8 Å². The summed E-state index contributed by atoms with van der Waals surface area (Å²) in [5.41, 5.74) is -0.100. The van der Waals surface area contributed by atoms with Gasteiger partial charge in [-0.1, -0.05) is 0 Å². The Hall–Kier alpha value is -1.83. The van der Waals surface area contributed by atoms with Crippen LogP contribution < -0.4 is 15.7 Å². The SMILES string of the molecule is C[N+]1=CNC[C@]1(C)C[C@H](NC(=O)c1cc(Br)c[nH]1)C(=O)[O-]. The zero-order valence-electron chi connectivity index (χ0n) is 11.8. The van der Waals surface area contributed by atoms with Crippen molar-refractivity contribution in [1.82, 2.24) is 15.6 Å². The third-order valence-corrected chi connectivity index (χ3v) is 4.20. The lowest BCUT2D eigenvalue weighted by molar-refractivity contribution is -0.565. The number of carbonyl (C=O) groups is 2. The number of hydrogen-bond donors (Lipinski definition) is 3. The Balaban J connectivity index is 2.08. The maximum absolute atomic E-state index is 12.0. The molecule has 2 atom stereocenters. The van der Waals surface area contributed by atoms with Crippen molar-refractivity contribution in [3.05, 3.63) is 22.4 Å². The molecule has 1 amide bonds. The number of aromatic nitrogens is 1. The van der Waals surface area contributed by atoms with Crippen LogP contribution in [-0.4, -0.2) is 52.9 Å². The molecule has 114 valence electrons. The summed E-state index contributed by atoms with van der Waals surface area (Å²) in [5, 5.41) is 16.9. The molecule has 0 unspecified atom stereocenters. The fourth-order valence-corrected chi connectivity index (χ4v) is 2.61. The summed E-state index contributed by atoms with van der Waals surface area (Å²) in [6.45, 7) is 2.54. The normalized spacial score (nSPS) is 22.3. The van der Waals surface area contributed by atoms with E-state index in [2.05, 4.69) is 31.5 Å². The van der Waals surface area contributed by atoms with Gasteiger partial charge < -0.3 is 20.2 Å². The van der Waals surface area contributed by atoms with Crippen molar-refractivity contribution in [2.45, 2.75) is 24.9 Å². The van der Waals surface area contributed by atoms with E-state index < -0.39 is 23.5 Å². The fraction of sp³-hybridized carbons (Fsp3) is 0.462. The number of nitrogens with zero attached hydrogens (tertiary/aromatic N) is 1. The average Bonchev–Trinajstić information content (AvgIpc) is 2.96. The van der Waals surface area contributed by atoms with Crippen molar-refractivity contribution in [2.24, 2.45) is 0 Å². The van der Waals surface area contributed by atoms with E-state index in [-0.39, 0.29) is 6.42 Å². The van der Waals surface area contributed by atoms with Crippen molar-refractivity contribution in [3.8, 4) is 0 Å². The molecule has 2 rings (SSSR count). The first-order chi connectivity index (χ1) is 9.82. The summed E-state index contributed by atoms with van der Waals surface area (Å²) in [7, 11) is 1.86. The van der Waals surface area contributed by atoms with Crippen LogP contribution in [0.4, 0.5) is 0 Å². The molecule has 0 spiro atoms. The molecule has 0 radical (unpaired) electrons. The molecule has 1 aliphatic rings. The molecule has 7 nitrogen and oxygen atoms in total. The van der Waals surface area contributed by atoms with Crippen molar-refractivity contribution in [1.29, 1.82) is 0 Å². The first-order valence-corrected chi connectivity index (χ1v) is 7.26. The molecule has 1 aliphatic heterocycles. The number of H-pyrrole nitrogens is 1. The van der Waals surface area contributed by atoms with E-state index >= 15 is 0 Å². The van der Waals surface area contributed by atoms with Crippen LogP contribution in [0.15, 0.2) is 16.7 Å². The molecular weight excluding hydrogens is 340 g/mol. The lowest BCUT2D eigenvalue weighted by atomic mass is 9.93. The highest BCUT2D eigenvalue weighted by Gasteiger charge is 2.39. The highest BCUT2D eigenvalue weighted by atomic mass is 79.9. The van der Waals surface area contributed by atoms with E-state index in [9.17, 15) is 14.7 Å². The van der Waals surface area contributed by atoms with Crippen molar-refractivity contribution in [2.75, 3.05) is 13.6 Å². The lowest BCUT2D eigenvalue weighted by Crippen LogP contribution is -2.54. The summed E-state index contributed by atoms with van der Waals surface area (Å²) in [4.78, 5) is 26.1. The first kappa shape index (κ1) is 15.6. The molecule has 0 saturated heterocycles. The van der Waals surface area contributed by atoms with Crippen LogP contribution >= 0.6 is 15.9 Å². The van der Waals surface area contributed by atoms with Gasteiger partial charge in [-0.05, 0) is 28.9 Å². The first-order valence-electron chi connectivity index (χ1n) is 6.47. The van der Waals surface area contributed by atoms with E-state index in [0.29, 0.717) is 12.2 Å². The quantitative estimate of drug-likeness (QED) is 0.592. The van der Waals surface area contributed by atoms with Crippen LogP contribution in [0, 0.1) is 0 Å². The molecule has 3 N–H and O–H groups in total. The van der Waals surface area contributed by atoms with E-state index in [0.717, 1.165) is 4.47 Å². The van der Waals surface area contributed by atoms with E-state index in [4.69, 9.17) is 0 Å². The van der Waals surface area contributed by atoms with Gasteiger partial charge in [-0.25, -0.2) is 0 Å². The van der Waals surface area contributed by atoms with Crippen LogP contribution in [0.25, 0.3) is 0 Å². The Bertz CT molecular complexity index is 598. The zero-order valence-corrected chi connectivity index (χ0v) is 13.4. The molecule has 0 saturated carbocycles. The summed E-state index contributed by atoms with van der Waals surface area (Å²) in [5.74, 6) is -1.77. The minimum atomic E-state index is -1.30. The lowest BCUT2D eigenvalue weighted by Gasteiger charge is -2.28. The van der Waals surface area contributed by atoms with Gasteiger partial charge >= 0.3 is 0 Å². The molecule has 21 heavy (non-hydrogen) atoms. The van der Waals surface area contributed by atoms with Crippen molar-refractivity contribution < 1.29 is 19.3 Å². The van der Waals surface area contributed by atoms with Gasteiger partial charge in [0.15, 0.2) is 0 Å². The number of nitrogens with one attached hydrogen (secondary N) is 3. The number of amides is 1. The number of aliphatic carboxylic acids is 1. The number of halogens is 1. The standard InChI is InChI=1S/C13H17BrN4O3/c1-13(6-15-7-18(13)2)4-10(12(20)21)17-11(19)9-3-8(14)5-16-9/h3,5,7,10H,4,6H2,1-2H3,(H3,16,17,19,20,21)/t10-,13-/m0/s1. The highest BCUT2D eigenvalue weighted by Crippen LogP contribution is 2.18. The van der Waals surface area contributed by atoms with Gasteiger partial charge in [0.2, 0.25) is 6.34 Å².